The Labute approximate surface area is 258 Å². The molecule has 0 radical (unpaired) electrons. The van der Waals surface area contributed by atoms with Crippen LogP contribution in [0.5, 0.6) is 0 Å². The lowest BCUT2D eigenvalue weighted by molar-refractivity contribution is -0.140. The van der Waals surface area contributed by atoms with Crippen molar-refractivity contribution in [2.24, 2.45) is 0 Å². The fourth-order valence-electron chi connectivity index (χ4n) is 5.38. The lowest BCUT2D eigenvalue weighted by Crippen LogP contribution is -2.53. The van der Waals surface area contributed by atoms with Crippen LogP contribution in [0, 0.1) is 13.8 Å². The number of halogens is 2. The summed E-state index contributed by atoms with van der Waals surface area (Å²) in [6.45, 7) is 4.97. The molecule has 1 aliphatic rings. The van der Waals surface area contributed by atoms with Crippen molar-refractivity contribution in [2.75, 3.05) is 10.8 Å². The van der Waals surface area contributed by atoms with Gasteiger partial charge in [-0.05, 0) is 74.6 Å². The summed E-state index contributed by atoms with van der Waals surface area (Å²) in [4.78, 5) is 29.4. The third-order valence-electron chi connectivity index (χ3n) is 7.93. The number of anilines is 1. The Morgan fingerprint density at radius 3 is 2.17 bits per heavy atom. The monoisotopic (exact) mass is 629 g/mol. The van der Waals surface area contributed by atoms with Gasteiger partial charge in [0.2, 0.25) is 11.8 Å². The summed E-state index contributed by atoms with van der Waals surface area (Å²) in [5.74, 6) is -0.815. The van der Waals surface area contributed by atoms with Crippen molar-refractivity contribution in [3.63, 3.8) is 0 Å². The molecule has 0 saturated heterocycles. The summed E-state index contributed by atoms with van der Waals surface area (Å²) in [5, 5.41) is 3.82. The Bertz CT molecular complexity index is 1510. The third kappa shape index (κ3) is 7.10. The first-order valence-electron chi connectivity index (χ1n) is 14.2. The normalized spacial score (nSPS) is 14.4. The van der Waals surface area contributed by atoms with Crippen molar-refractivity contribution in [2.45, 2.75) is 76.4 Å². The molecule has 7 nitrogen and oxygen atoms in total. The van der Waals surface area contributed by atoms with Crippen molar-refractivity contribution in [3.05, 3.63) is 93.5 Å². The summed E-state index contributed by atoms with van der Waals surface area (Å²) >= 11 is 13.0. The second kappa shape index (κ2) is 13.9. The van der Waals surface area contributed by atoms with E-state index in [1.54, 1.807) is 48.5 Å². The first-order chi connectivity index (χ1) is 20.0. The van der Waals surface area contributed by atoms with Crippen LogP contribution in [0.25, 0.3) is 0 Å². The quantitative estimate of drug-likeness (QED) is 0.256. The van der Waals surface area contributed by atoms with Gasteiger partial charge in [0.05, 0.1) is 10.6 Å². The van der Waals surface area contributed by atoms with Gasteiger partial charge >= 0.3 is 0 Å². The van der Waals surface area contributed by atoms with E-state index in [1.165, 1.54) is 17.0 Å². The van der Waals surface area contributed by atoms with E-state index in [-0.39, 0.29) is 23.4 Å². The average molecular weight is 631 g/mol. The fraction of sp³-hybridized carbons (Fsp3) is 0.375. The minimum atomic E-state index is -4.15. The highest BCUT2D eigenvalue weighted by atomic mass is 35.5. The number of rotatable bonds is 11. The van der Waals surface area contributed by atoms with Crippen LogP contribution in [-0.2, 0) is 26.2 Å². The number of carbonyl (C=O) groups is 2. The fourth-order valence-corrected chi connectivity index (χ4v) is 7.39. The number of amides is 2. The van der Waals surface area contributed by atoms with E-state index in [4.69, 9.17) is 23.2 Å². The number of hydrogen-bond acceptors (Lipinski definition) is 4. The van der Waals surface area contributed by atoms with Crippen LogP contribution >= 0.6 is 23.2 Å². The Kier molecular flexibility index (Phi) is 10.6. The minimum absolute atomic E-state index is 0.0531. The van der Waals surface area contributed by atoms with E-state index in [0.717, 1.165) is 41.1 Å². The molecule has 1 atom stereocenters. The van der Waals surface area contributed by atoms with Gasteiger partial charge in [0, 0.05) is 28.2 Å². The standard InChI is InChI=1S/C32H37Cl2N3O4S/c1-4-29(32(39)35-24-13-8-9-14-24)36(20-26-27(33)17-11-18-28(26)34)31(38)21-37(30-19-10-12-22(2)23(30)3)42(40,41)25-15-6-5-7-16-25/h5-7,10-12,15-19,24,29H,4,8-9,13-14,20-21H2,1-3H3,(H,35,39)/t29-/m1/s1. The van der Waals surface area contributed by atoms with Gasteiger partial charge in [-0.3, -0.25) is 13.9 Å². The molecule has 0 heterocycles. The Hall–Kier alpha value is -3.07. The van der Waals surface area contributed by atoms with Crippen LogP contribution in [0.15, 0.2) is 71.6 Å². The first kappa shape index (κ1) is 31.9. The van der Waals surface area contributed by atoms with Crippen LogP contribution in [0.4, 0.5) is 5.69 Å². The molecule has 0 spiro atoms. The number of nitrogens with zero attached hydrogens (tertiary/aromatic N) is 2. The summed E-state index contributed by atoms with van der Waals surface area (Å²) < 4.78 is 29.3. The maximum atomic E-state index is 14.3. The minimum Gasteiger partial charge on any atom is -0.352 e. The highest BCUT2D eigenvalue weighted by Gasteiger charge is 2.35. The second-order valence-electron chi connectivity index (χ2n) is 10.7. The molecule has 1 saturated carbocycles. The number of aryl methyl sites for hydroxylation is 1. The third-order valence-corrected chi connectivity index (χ3v) is 10.4. The number of benzene rings is 3. The molecule has 42 heavy (non-hydrogen) atoms. The van der Waals surface area contributed by atoms with Gasteiger partial charge in [-0.2, -0.15) is 0 Å². The number of hydrogen-bond donors (Lipinski definition) is 1. The number of carbonyl (C=O) groups excluding carboxylic acids is 2. The Balaban J connectivity index is 1.77. The molecular formula is C32H37Cl2N3O4S. The van der Waals surface area contributed by atoms with Gasteiger partial charge in [-0.25, -0.2) is 8.42 Å². The van der Waals surface area contributed by atoms with Crippen LogP contribution in [0.1, 0.15) is 55.7 Å². The van der Waals surface area contributed by atoms with Crippen LogP contribution < -0.4 is 9.62 Å². The van der Waals surface area contributed by atoms with E-state index in [0.29, 0.717) is 27.7 Å². The number of nitrogens with one attached hydrogen (secondary N) is 1. The molecule has 10 heteroatoms. The largest absolute Gasteiger partial charge is 0.352 e. The van der Waals surface area contributed by atoms with Crippen LogP contribution in [-0.4, -0.2) is 43.8 Å². The smallest absolute Gasteiger partial charge is 0.264 e. The Morgan fingerprint density at radius 2 is 1.55 bits per heavy atom. The summed E-state index contributed by atoms with van der Waals surface area (Å²) in [7, 11) is -4.15. The second-order valence-corrected chi connectivity index (χ2v) is 13.4. The topological polar surface area (TPSA) is 86.8 Å². The van der Waals surface area contributed by atoms with E-state index >= 15 is 0 Å². The summed E-state index contributed by atoms with van der Waals surface area (Å²) in [5.41, 5.74) is 2.50. The predicted octanol–water partition coefficient (Wildman–Crippen LogP) is 6.67. The van der Waals surface area contributed by atoms with Crippen molar-refractivity contribution >= 4 is 50.7 Å². The zero-order valence-electron chi connectivity index (χ0n) is 24.1. The van der Waals surface area contributed by atoms with Gasteiger partial charge in [0.25, 0.3) is 10.0 Å². The summed E-state index contributed by atoms with van der Waals surface area (Å²) in [6.07, 6.45) is 4.19. The molecule has 0 aromatic heterocycles. The molecule has 1 fully saturated rings. The lowest BCUT2D eigenvalue weighted by atomic mass is 10.1. The van der Waals surface area contributed by atoms with Gasteiger partial charge in [0.1, 0.15) is 12.6 Å². The summed E-state index contributed by atoms with van der Waals surface area (Å²) in [6, 6.07) is 17.6. The van der Waals surface area contributed by atoms with Gasteiger partial charge in [-0.15, -0.1) is 0 Å². The zero-order valence-corrected chi connectivity index (χ0v) is 26.5. The van der Waals surface area contributed by atoms with Gasteiger partial charge in [0.15, 0.2) is 0 Å². The van der Waals surface area contributed by atoms with Crippen molar-refractivity contribution in [1.82, 2.24) is 10.2 Å². The maximum absolute atomic E-state index is 14.3. The molecule has 4 rings (SSSR count). The van der Waals surface area contributed by atoms with E-state index in [1.807, 2.05) is 26.8 Å². The van der Waals surface area contributed by atoms with Crippen LogP contribution in [0.2, 0.25) is 10.0 Å². The molecule has 224 valence electrons. The van der Waals surface area contributed by atoms with Gasteiger partial charge < -0.3 is 10.2 Å². The molecule has 1 aliphatic carbocycles. The molecule has 1 N–H and O–H groups in total. The molecule has 0 unspecified atom stereocenters. The maximum Gasteiger partial charge on any atom is 0.264 e. The van der Waals surface area contributed by atoms with Crippen molar-refractivity contribution < 1.29 is 18.0 Å². The molecule has 3 aromatic rings. The molecule has 0 aliphatic heterocycles. The molecule has 3 aromatic carbocycles. The SMILES string of the molecule is CC[C@H](C(=O)NC1CCCC1)N(Cc1c(Cl)cccc1Cl)C(=O)CN(c1cccc(C)c1C)S(=O)(=O)c1ccccc1. The lowest BCUT2D eigenvalue weighted by Gasteiger charge is -2.34. The molecule has 0 bridgehead atoms. The van der Waals surface area contributed by atoms with E-state index in [9.17, 15) is 18.0 Å². The van der Waals surface area contributed by atoms with Crippen molar-refractivity contribution in [1.29, 1.82) is 0 Å². The predicted molar refractivity (Wildman–Crippen MR) is 168 cm³/mol. The highest BCUT2D eigenvalue weighted by Crippen LogP contribution is 2.31. The number of sulfonamides is 1. The van der Waals surface area contributed by atoms with Crippen LogP contribution in [0.3, 0.4) is 0 Å². The first-order valence-corrected chi connectivity index (χ1v) is 16.4. The molecular weight excluding hydrogens is 593 g/mol. The zero-order chi connectivity index (χ0) is 30.4. The van der Waals surface area contributed by atoms with E-state index < -0.39 is 28.5 Å². The Morgan fingerprint density at radius 1 is 0.929 bits per heavy atom. The van der Waals surface area contributed by atoms with Crippen molar-refractivity contribution in [3.8, 4) is 0 Å². The average Bonchev–Trinajstić information content (AvgIpc) is 3.48. The van der Waals surface area contributed by atoms with Gasteiger partial charge in [-0.1, -0.05) is 79.4 Å². The highest BCUT2D eigenvalue weighted by molar-refractivity contribution is 7.92. The van der Waals surface area contributed by atoms with E-state index in [2.05, 4.69) is 5.32 Å². The molecule has 2 amide bonds.